The average molecular weight is 313 g/mol. The molecule has 0 radical (unpaired) electrons. The predicted molar refractivity (Wildman–Crippen MR) is 80.1 cm³/mol. The van der Waals surface area contributed by atoms with E-state index >= 15 is 0 Å². The Morgan fingerprint density at radius 2 is 2.00 bits per heavy atom. The van der Waals surface area contributed by atoms with Gasteiger partial charge in [-0.2, -0.15) is 13.2 Å². The lowest BCUT2D eigenvalue weighted by Crippen LogP contribution is -2.57. The van der Waals surface area contributed by atoms with Gasteiger partial charge in [-0.1, -0.05) is 6.92 Å². The number of fused-ring (bicyclic) bond motifs is 3. The largest absolute Gasteiger partial charge is 0.417 e. The number of halogens is 3. The standard InChI is InChI=1S/C16H22F3N3/c1-10(2)21-4-5-22-13(9-21)6-11(3)14-7-12(16(17,18)19)8-20-15(14)22/h7-8,10-11,13H,4-6,9H2,1-3H3/t11-,13+/m0/s1. The average Bonchev–Trinajstić information content (AvgIpc) is 2.45. The number of alkyl halides is 3. The molecule has 0 saturated carbocycles. The fourth-order valence-electron chi connectivity index (χ4n) is 3.60. The summed E-state index contributed by atoms with van der Waals surface area (Å²) in [6, 6.07) is 2.14. The van der Waals surface area contributed by atoms with E-state index in [9.17, 15) is 13.2 Å². The molecule has 1 saturated heterocycles. The van der Waals surface area contributed by atoms with Crippen molar-refractivity contribution >= 4 is 5.82 Å². The maximum atomic E-state index is 12.9. The Kier molecular flexibility index (Phi) is 3.83. The van der Waals surface area contributed by atoms with E-state index in [1.807, 2.05) is 6.92 Å². The SMILES string of the molecule is CC(C)N1CCN2c3ncc(C(F)(F)F)cc3[C@@H](C)C[C@@H]2C1. The lowest BCUT2D eigenvalue weighted by molar-refractivity contribution is -0.137. The van der Waals surface area contributed by atoms with Crippen LogP contribution < -0.4 is 4.90 Å². The Labute approximate surface area is 129 Å². The number of anilines is 1. The van der Waals surface area contributed by atoms with Crippen molar-refractivity contribution in [2.24, 2.45) is 0 Å². The number of rotatable bonds is 1. The molecule has 0 N–H and O–H groups in total. The minimum Gasteiger partial charge on any atom is -0.351 e. The van der Waals surface area contributed by atoms with Crippen molar-refractivity contribution in [3.8, 4) is 0 Å². The van der Waals surface area contributed by atoms with Gasteiger partial charge in [0.1, 0.15) is 5.82 Å². The normalized spacial score (nSPS) is 26.0. The minimum absolute atomic E-state index is 0.109. The van der Waals surface area contributed by atoms with Crippen LogP contribution in [0.5, 0.6) is 0 Å². The van der Waals surface area contributed by atoms with Gasteiger partial charge in [-0.3, -0.25) is 4.90 Å². The monoisotopic (exact) mass is 313 g/mol. The first-order valence-corrected chi connectivity index (χ1v) is 7.85. The topological polar surface area (TPSA) is 19.4 Å². The molecule has 122 valence electrons. The lowest BCUT2D eigenvalue weighted by Gasteiger charge is -2.48. The third-order valence-electron chi connectivity index (χ3n) is 4.90. The maximum absolute atomic E-state index is 12.9. The van der Waals surface area contributed by atoms with Crippen LogP contribution in [0.3, 0.4) is 0 Å². The first kappa shape index (κ1) is 15.6. The predicted octanol–water partition coefficient (Wildman–Crippen LogP) is 3.51. The fraction of sp³-hybridized carbons (Fsp3) is 0.688. The number of hydrogen-bond donors (Lipinski definition) is 0. The molecule has 0 unspecified atom stereocenters. The van der Waals surface area contributed by atoms with E-state index in [1.165, 1.54) is 6.07 Å². The van der Waals surface area contributed by atoms with E-state index in [0.717, 1.165) is 43.6 Å². The highest BCUT2D eigenvalue weighted by molar-refractivity contribution is 5.54. The van der Waals surface area contributed by atoms with Crippen LogP contribution in [0, 0.1) is 0 Å². The van der Waals surface area contributed by atoms with E-state index in [2.05, 4.69) is 28.6 Å². The van der Waals surface area contributed by atoms with Crippen LogP contribution in [0.4, 0.5) is 19.0 Å². The van der Waals surface area contributed by atoms with Crippen molar-refractivity contribution in [2.45, 2.75) is 51.4 Å². The third-order valence-corrected chi connectivity index (χ3v) is 4.90. The number of hydrogen-bond acceptors (Lipinski definition) is 3. The summed E-state index contributed by atoms with van der Waals surface area (Å²) in [4.78, 5) is 8.81. The second-order valence-electron chi connectivity index (χ2n) is 6.71. The van der Waals surface area contributed by atoms with E-state index in [1.54, 1.807) is 0 Å². The van der Waals surface area contributed by atoms with E-state index in [0.29, 0.717) is 12.1 Å². The van der Waals surface area contributed by atoms with Gasteiger partial charge >= 0.3 is 6.18 Å². The van der Waals surface area contributed by atoms with E-state index in [-0.39, 0.29) is 5.92 Å². The third kappa shape index (κ3) is 2.69. The van der Waals surface area contributed by atoms with Gasteiger partial charge in [-0.25, -0.2) is 4.98 Å². The molecule has 0 aromatic carbocycles. The molecule has 3 nitrogen and oxygen atoms in total. The zero-order chi connectivity index (χ0) is 16.1. The summed E-state index contributed by atoms with van der Waals surface area (Å²) in [6.45, 7) is 9.11. The van der Waals surface area contributed by atoms with Crippen molar-refractivity contribution in [1.82, 2.24) is 9.88 Å². The van der Waals surface area contributed by atoms with Crippen molar-refractivity contribution in [1.29, 1.82) is 0 Å². The number of nitrogens with zero attached hydrogens (tertiary/aromatic N) is 3. The van der Waals surface area contributed by atoms with Crippen LogP contribution in [-0.4, -0.2) is 41.6 Å². The van der Waals surface area contributed by atoms with E-state index in [4.69, 9.17) is 0 Å². The number of pyridine rings is 1. The molecule has 0 amide bonds. The van der Waals surface area contributed by atoms with Gasteiger partial charge in [0.2, 0.25) is 0 Å². The summed E-state index contributed by atoms with van der Waals surface area (Å²) in [7, 11) is 0. The van der Waals surface area contributed by atoms with Gasteiger partial charge in [-0.05, 0) is 37.8 Å². The highest BCUT2D eigenvalue weighted by Gasteiger charge is 2.38. The summed E-state index contributed by atoms with van der Waals surface area (Å²) in [5.74, 6) is 0.860. The molecule has 0 bridgehead atoms. The highest BCUT2D eigenvalue weighted by atomic mass is 19.4. The van der Waals surface area contributed by atoms with Crippen LogP contribution in [0.15, 0.2) is 12.3 Å². The molecule has 1 aromatic rings. The maximum Gasteiger partial charge on any atom is 0.417 e. The van der Waals surface area contributed by atoms with Gasteiger partial charge in [-0.15, -0.1) is 0 Å². The van der Waals surface area contributed by atoms with Gasteiger partial charge in [0.15, 0.2) is 0 Å². The first-order valence-electron chi connectivity index (χ1n) is 7.85. The van der Waals surface area contributed by atoms with Crippen molar-refractivity contribution in [2.75, 3.05) is 24.5 Å². The van der Waals surface area contributed by atoms with E-state index < -0.39 is 11.7 Å². The summed E-state index contributed by atoms with van der Waals surface area (Å²) in [6.07, 6.45) is -2.46. The van der Waals surface area contributed by atoms with Gasteiger partial charge in [0, 0.05) is 37.9 Å². The molecule has 0 aliphatic carbocycles. The zero-order valence-corrected chi connectivity index (χ0v) is 13.2. The quantitative estimate of drug-likeness (QED) is 0.791. The van der Waals surface area contributed by atoms with Crippen molar-refractivity contribution in [3.05, 3.63) is 23.4 Å². The molecule has 2 atom stereocenters. The molecule has 3 heterocycles. The Balaban J connectivity index is 1.91. The molecule has 0 spiro atoms. The second kappa shape index (κ2) is 5.41. The molecule has 2 aliphatic heterocycles. The van der Waals surface area contributed by atoms with Crippen LogP contribution in [0.25, 0.3) is 0 Å². The smallest absolute Gasteiger partial charge is 0.351 e. The van der Waals surface area contributed by atoms with Crippen molar-refractivity contribution in [3.63, 3.8) is 0 Å². The Hall–Kier alpha value is -1.30. The fourth-order valence-corrected chi connectivity index (χ4v) is 3.60. The Morgan fingerprint density at radius 1 is 1.27 bits per heavy atom. The number of aromatic nitrogens is 1. The second-order valence-corrected chi connectivity index (χ2v) is 6.71. The molecule has 6 heteroatoms. The van der Waals surface area contributed by atoms with Crippen LogP contribution in [0.1, 0.15) is 44.2 Å². The Morgan fingerprint density at radius 3 is 2.64 bits per heavy atom. The van der Waals surface area contributed by atoms with Crippen LogP contribution >= 0.6 is 0 Å². The summed E-state index contributed by atoms with van der Waals surface area (Å²) in [5, 5.41) is 0. The molecular formula is C16H22F3N3. The molecule has 1 aromatic heterocycles. The summed E-state index contributed by atoms with van der Waals surface area (Å²) < 4.78 is 38.7. The molecular weight excluding hydrogens is 291 g/mol. The highest BCUT2D eigenvalue weighted by Crippen LogP contribution is 2.41. The summed E-state index contributed by atoms with van der Waals surface area (Å²) in [5.41, 5.74) is 0.0986. The molecule has 3 rings (SSSR count). The molecule has 22 heavy (non-hydrogen) atoms. The first-order chi connectivity index (χ1) is 10.3. The van der Waals surface area contributed by atoms with Crippen molar-refractivity contribution < 1.29 is 13.2 Å². The zero-order valence-electron chi connectivity index (χ0n) is 13.2. The number of piperazine rings is 1. The van der Waals surface area contributed by atoms with Gasteiger partial charge in [0.05, 0.1) is 5.56 Å². The van der Waals surface area contributed by atoms with Gasteiger partial charge in [0.25, 0.3) is 0 Å². The lowest BCUT2D eigenvalue weighted by atomic mass is 9.86. The minimum atomic E-state index is -4.32. The molecule has 1 fully saturated rings. The summed E-state index contributed by atoms with van der Waals surface area (Å²) >= 11 is 0. The van der Waals surface area contributed by atoms with Crippen LogP contribution in [-0.2, 0) is 6.18 Å². The molecule has 2 aliphatic rings. The Bertz CT molecular complexity index is 556. The van der Waals surface area contributed by atoms with Crippen LogP contribution in [0.2, 0.25) is 0 Å². The van der Waals surface area contributed by atoms with Gasteiger partial charge < -0.3 is 4.90 Å².